The Kier molecular flexibility index (Phi) is 4.95. The van der Waals surface area contributed by atoms with E-state index in [9.17, 15) is 9.90 Å². The molecule has 0 aromatic rings. The van der Waals surface area contributed by atoms with Crippen molar-refractivity contribution in [2.75, 3.05) is 26.2 Å². The van der Waals surface area contributed by atoms with Crippen LogP contribution in [0.3, 0.4) is 0 Å². The zero-order valence-corrected chi connectivity index (χ0v) is 11.6. The molecule has 1 rings (SSSR count). The number of likely N-dealkylation sites (tertiary alicyclic amines) is 1. The van der Waals surface area contributed by atoms with Crippen molar-refractivity contribution >= 4 is 5.91 Å². The molecule has 1 aliphatic rings. The van der Waals surface area contributed by atoms with Gasteiger partial charge in [-0.3, -0.25) is 9.69 Å². The molecule has 0 saturated carbocycles. The number of β-amino-alcohol motifs (C(OH)–C–C–N with tert-alkyl or cyclic N) is 1. The predicted molar refractivity (Wildman–Crippen MR) is 68.8 cm³/mol. The highest BCUT2D eigenvalue weighted by Gasteiger charge is 2.33. The number of piperidine rings is 1. The van der Waals surface area contributed by atoms with Gasteiger partial charge >= 0.3 is 0 Å². The molecule has 1 N–H and O–H groups in total. The fourth-order valence-electron chi connectivity index (χ4n) is 2.54. The van der Waals surface area contributed by atoms with Crippen LogP contribution in [-0.2, 0) is 4.79 Å². The lowest BCUT2D eigenvalue weighted by atomic mass is 9.94. The van der Waals surface area contributed by atoms with Crippen LogP contribution in [0.1, 0.15) is 40.5 Å². The number of hydrogen-bond acceptors (Lipinski definition) is 3. The van der Waals surface area contributed by atoms with Crippen molar-refractivity contribution < 1.29 is 9.90 Å². The van der Waals surface area contributed by atoms with Gasteiger partial charge in [-0.15, -0.1) is 0 Å². The summed E-state index contributed by atoms with van der Waals surface area (Å²) in [5.41, 5.74) is -0.643. The second-order valence-electron chi connectivity index (χ2n) is 5.26. The predicted octanol–water partition coefficient (Wildman–Crippen LogP) is 1.09. The van der Waals surface area contributed by atoms with E-state index >= 15 is 0 Å². The summed E-state index contributed by atoms with van der Waals surface area (Å²) < 4.78 is 0. The first-order valence-corrected chi connectivity index (χ1v) is 6.66. The lowest BCUT2D eigenvalue weighted by Gasteiger charge is -2.40. The molecule has 0 aromatic carbocycles. The van der Waals surface area contributed by atoms with E-state index in [-0.39, 0.29) is 11.9 Å². The van der Waals surface area contributed by atoms with Crippen molar-refractivity contribution in [3.05, 3.63) is 0 Å². The van der Waals surface area contributed by atoms with Crippen LogP contribution in [0.2, 0.25) is 0 Å². The normalized spacial score (nSPS) is 27.8. The monoisotopic (exact) mass is 242 g/mol. The van der Waals surface area contributed by atoms with Crippen LogP contribution in [0.5, 0.6) is 0 Å². The zero-order chi connectivity index (χ0) is 13.1. The van der Waals surface area contributed by atoms with Gasteiger partial charge in [-0.1, -0.05) is 0 Å². The third-order valence-corrected chi connectivity index (χ3v) is 3.68. The highest BCUT2D eigenvalue weighted by molar-refractivity contribution is 5.81. The van der Waals surface area contributed by atoms with Gasteiger partial charge in [0.2, 0.25) is 5.91 Å². The van der Waals surface area contributed by atoms with Crippen molar-refractivity contribution in [2.24, 2.45) is 0 Å². The molecule has 1 heterocycles. The molecule has 2 atom stereocenters. The molecular weight excluding hydrogens is 216 g/mol. The number of nitrogens with zero attached hydrogens (tertiary/aromatic N) is 2. The third kappa shape index (κ3) is 3.68. The topological polar surface area (TPSA) is 43.8 Å². The average Bonchev–Trinajstić information content (AvgIpc) is 2.28. The molecule has 0 radical (unpaired) electrons. The highest BCUT2D eigenvalue weighted by atomic mass is 16.3. The van der Waals surface area contributed by atoms with Crippen LogP contribution >= 0.6 is 0 Å². The fraction of sp³-hybridized carbons (Fsp3) is 0.923. The van der Waals surface area contributed by atoms with Crippen LogP contribution in [0, 0.1) is 0 Å². The van der Waals surface area contributed by atoms with Gasteiger partial charge in [0.25, 0.3) is 0 Å². The van der Waals surface area contributed by atoms with Crippen molar-refractivity contribution in [1.82, 2.24) is 9.80 Å². The van der Waals surface area contributed by atoms with Crippen LogP contribution in [0.4, 0.5) is 0 Å². The SMILES string of the molecule is CCN(CC)C(=O)C(C)N1CCCC(C)(O)C1. The number of hydrogen-bond donors (Lipinski definition) is 1. The molecule has 0 aliphatic carbocycles. The van der Waals surface area contributed by atoms with E-state index in [1.54, 1.807) is 0 Å². The van der Waals surface area contributed by atoms with E-state index in [1.165, 1.54) is 0 Å². The van der Waals surface area contributed by atoms with Crippen LogP contribution in [0.15, 0.2) is 0 Å². The molecule has 1 aliphatic heterocycles. The Hall–Kier alpha value is -0.610. The first-order valence-electron chi connectivity index (χ1n) is 6.66. The lowest BCUT2D eigenvalue weighted by molar-refractivity contribution is -0.138. The Morgan fingerprint density at radius 2 is 2.06 bits per heavy atom. The van der Waals surface area contributed by atoms with Crippen molar-refractivity contribution in [3.63, 3.8) is 0 Å². The van der Waals surface area contributed by atoms with Crippen LogP contribution < -0.4 is 0 Å². The van der Waals surface area contributed by atoms with Crippen molar-refractivity contribution in [3.8, 4) is 0 Å². The first kappa shape index (κ1) is 14.5. The molecule has 100 valence electrons. The van der Waals surface area contributed by atoms with Gasteiger partial charge in [0.05, 0.1) is 11.6 Å². The summed E-state index contributed by atoms with van der Waals surface area (Å²) in [5, 5.41) is 10.1. The Morgan fingerprint density at radius 1 is 1.47 bits per heavy atom. The standard InChI is InChI=1S/C13H26N2O2/c1-5-14(6-2)12(16)11(3)15-9-7-8-13(4,17)10-15/h11,17H,5-10H2,1-4H3. The molecule has 0 bridgehead atoms. The number of carbonyl (C=O) groups excluding carboxylic acids is 1. The van der Waals surface area contributed by atoms with E-state index < -0.39 is 5.60 Å². The molecule has 1 saturated heterocycles. The summed E-state index contributed by atoms with van der Waals surface area (Å²) in [7, 11) is 0. The van der Waals surface area contributed by atoms with Gasteiger partial charge in [0.15, 0.2) is 0 Å². The van der Waals surface area contributed by atoms with Crippen LogP contribution in [0.25, 0.3) is 0 Å². The summed E-state index contributed by atoms with van der Waals surface area (Å²) in [6, 6.07) is -0.123. The molecule has 17 heavy (non-hydrogen) atoms. The van der Waals surface area contributed by atoms with E-state index in [4.69, 9.17) is 0 Å². The van der Waals surface area contributed by atoms with E-state index in [2.05, 4.69) is 4.90 Å². The minimum atomic E-state index is -0.643. The number of amides is 1. The second kappa shape index (κ2) is 5.83. The summed E-state index contributed by atoms with van der Waals surface area (Å²) in [6.45, 7) is 10.8. The van der Waals surface area contributed by atoms with E-state index in [0.29, 0.717) is 6.54 Å². The molecule has 1 amide bonds. The molecule has 0 aromatic heterocycles. The number of carbonyl (C=O) groups is 1. The quantitative estimate of drug-likeness (QED) is 0.802. The molecule has 1 fully saturated rings. The van der Waals surface area contributed by atoms with E-state index in [1.807, 2.05) is 32.6 Å². The molecule has 4 nitrogen and oxygen atoms in total. The maximum absolute atomic E-state index is 12.2. The zero-order valence-electron chi connectivity index (χ0n) is 11.6. The van der Waals surface area contributed by atoms with Crippen molar-refractivity contribution in [2.45, 2.75) is 52.2 Å². The summed E-state index contributed by atoms with van der Waals surface area (Å²) in [6.07, 6.45) is 1.79. The minimum absolute atomic E-state index is 0.123. The van der Waals surface area contributed by atoms with Gasteiger partial charge in [-0.05, 0) is 47.1 Å². The number of rotatable bonds is 4. The number of aliphatic hydroxyl groups is 1. The van der Waals surface area contributed by atoms with Gasteiger partial charge in [-0.2, -0.15) is 0 Å². The Balaban J connectivity index is 2.62. The summed E-state index contributed by atoms with van der Waals surface area (Å²) >= 11 is 0. The highest BCUT2D eigenvalue weighted by Crippen LogP contribution is 2.22. The van der Waals surface area contributed by atoms with Gasteiger partial charge in [0, 0.05) is 19.6 Å². The largest absolute Gasteiger partial charge is 0.389 e. The fourth-order valence-corrected chi connectivity index (χ4v) is 2.54. The van der Waals surface area contributed by atoms with Gasteiger partial charge in [0.1, 0.15) is 0 Å². The summed E-state index contributed by atoms with van der Waals surface area (Å²) in [5.74, 6) is 0.174. The average molecular weight is 242 g/mol. The Morgan fingerprint density at radius 3 is 2.53 bits per heavy atom. The molecule has 2 unspecified atom stereocenters. The summed E-state index contributed by atoms with van der Waals surface area (Å²) in [4.78, 5) is 16.2. The van der Waals surface area contributed by atoms with Gasteiger partial charge < -0.3 is 10.0 Å². The molecular formula is C13H26N2O2. The third-order valence-electron chi connectivity index (χ3n) is 3.68. The molecule has 0 spiro atoms. The van der Waals surface area contributed by atoms with Crippen LogP contribution in [-0.4, -0.2) is 58.6 Å². The lowest BCUT2D eigenvalue weighted by Crippen LogP contribution is -2.54. The smallest absolute Gasteiger partial charge is 0.239 e. The van der Waals surface area contributed by atoms with Gasteiger partial charge in [-0.25, -0.2) is 0 Å². The van der Waals surface area contributed by atoms with Crippen molar-refractivity contribution in [1.29, 1.82) is 0 Å². The minimum Gasteiger partial charge on any atom is -0.389 e. The first-order chi connectivity index (χ1) is 7.91. The number of likely N-dealkylation sites (N-methyl/N-ethyl adjacent to an activating group) is 1. The Bertz CT molecular complexity index is 262. The molecule has 4 heteroatoms. The van der Waals surface area contributed by atoms with E-state index in [0.717, 1.165) is 32.5 Å². The second-order valence-corrected chi connectivity index (χ2v) is 5.26. The maximum Gasteiger partial charge on any atom is 0.239 e. The maximum atomic E-state index is 12.2. The Labute approximate surface area is 105 Å².